The van der Waals surface area contributed by atoms with Gasteiger partial charge in [-0.3, -0.25) is 9.59 Å². The number of rotatable bonds is 9. The minimum Gasteiger partial charge on any atom is -0.497 e. The van der Waals surface area contributed by atoms with Crippen molar-refractivity contribution in [3.05, 3.63) is 108 Å². The zero-order chi connectivity index (χ0) is 29.3. The summed E-state index contributed by atoms with van der Waals surface area (Å²) in [6.07, 6.45) is 1.38. The van der Waals surface area contributed by atoms with Crippen LogP contribution in [0.1, 0.15) is 22.3 Å². The maximum Gasteiger partial charge on any atom is 0.254 e. The average Bonchev–Trinajstić information content (AvgIpc) is 3.30. The Hall–Kier alpha value is -4.79. The van der Waals surface area contributed by atoms with Crippen molar-refractivity contribution < 1.29 is 18.7 Å². The Kier molecular flexibility index (Phi) is 9.38. The maximum atomic E-state index is 13.5. The molecular weight excluding hydrogens is 533 g/mol. The Bertz CT molecular complexity index is 1480. The Morgan fingerprint density at radius 2 is 1.69 bits per heavy atom. The number of aromatic nitrogens is 2. The quantitative estimate of drug-likeness (QED) is 0.292. The predicted molar refractivity (Wildman–Crippen MR) is 160 cm³/mol. The number of ether oxygens (including phenoxy) is 1. The van der Waals surface area contributed by atoms with E-state index in [-0.39, 0.29) is 18.4 Å². The maximum absolute atomic E-state index is 13.5. The molecule has 1 saturated heterocycles. The number of amides is 2. The third-order valence-electron chi connectivity index (χ3n) is 7.41. The van der Waals surface area contributed by atoms with Crippen LogP contribution in [-0.2, 0) is 11.2 Å². The fourth-order valence-corrected chi connectivity index (χ4v) is 5.03. The number of methoxy groups -OCH3 is 1. The summed E-state index contributed by atoms with van der Waals surface area (Å²) in [5.74, 6) is 0.703. The lowest BCUT2D eigenvalue weighted by Crippen LogP contribution is -2.45. The summed E-state index contributed by atoms with van der Waals surface area (Å²) in [6.45, 7) is 2.77. The molecule has 0 atom stereocenters. The Morgan fingerprint density at radius 3 is 2.43 bits per heavy atom. The molecule has 0 spiro atoms. The van der Waals surface area contributed by atoms with Gasteiger partial charge >= 0.3 is 0 Å². The van der Waals surface area contributed by atoms with E-state index in [0.29, 0.717) is 38.2 Å². The van der Waals surface area contributed by atoms with E-state index in [2.05, 4.69) is 15.1 Å². The van der Waals surface area contributed by atoms with Gasteiger partial charge in [-0.05, 0) is 66.9 Å². The van der Waals surface area contributed by atoms with Crippen molar-refractivity contribution in [2.75, 3.05) is 51.3 Å². The lowest BCUT2D eigenvalue weighted by atomic mass is 10.1. The molecule has 8 nitrogen and oxygen atoms in total. The summed E-state index contributed by atoms with van der Waals surface area (Å²) in [6, 6.07) is 26.9. The summed E-state index contributed by atoms with van der Waals surface area (Å²) >= 11 is 0. The van der Waals surface area contributed by atoms with E-state index >= 15 is 0 Å². The molecule has 42 heavy (non-hydrogen) atoms. The Balaban J connectivity index is 1.23. The zero-order valence-corrected chi connectivity index (χ0v) is 23.7. The number of nitrogens with zero attached hydrogens (tertiary/aromatic N) is 5. The smallest absolute Gasteiger partial charge is 0.254 e. The first-order valence-corrected chi connectivity index (χ1v) is 14.1. The molecule has 4 aromatic rings. The molecular formula is C33H34FN5O3. The van der Waals surface area contributed by atoms with Crippen molar-refractivity contribution in [3.63, 3.8) is 0 Å². The van der Waals surface area contributed by atoms with E-state index in [9.17, 15) is 14.0 Å². The molecule has 2 heterocycles. The van der Waals surface area contributed by atoms with Crippen LogP contribution >= 0.6 is 0 Å². The van der Waals surface area contributed by atoms with Crippen LogP contribution in [0.2, 0.25) is 0 Å². The highest BCUT2D eigenvalue weighted by atomic mass is 19.1. The van der Waals surface area contributed by atoms with Gasteiger partial charge in [0, 0.05) is 43.9 Å². The third-order valence-corrected chi connectivity index (χ3v) is 7.41. The summed E-state index contributed by atoms with van der Waals surface area (Å²) < 4.78 is 18.8. The molecule has 1 aliphatic heterocycles. The first kappa shape index (κ1) is 28.7. The molecule has 0 radical (unpaired) electrons. The SMILES string of the molecule is COc1cccc(-c2ccc(N3CCCN(C(=O)CN(CCc4ccccc4)C(=O)c4ccc(F)cc4)CC3)nn2)c1. The van der Waals surface area contributed by atoms with Crippen LogP contribution in [-0.4, -0.2) is 78.2 Å². The molecule has 216 valence electrons. The van der Waals surface area contributed by atoms with Crippen molar-refractivity contribution >= 4 is 17.6 Å². The highest BCUT2D eigenvalue weighted by Gasteiger charge is 2.25. The fourth-order valence-electron chi connectivity index (χ4n) is 5.03. The molecule has 1 aromatic heterocycles. The minimum absolute atomic E-state index is 0.0436. The predicted octanol–water partition coefficient (Wildman–Crippen LogP) is 4.72. The van der Waals surface area contributed by atoms with Crippen molar-refractivity contribution in [1.29, 1.82) is 0 Å². The van der Waals surface area contributed by atoms with Crippen molar-refractivity contribution in [2.24, 2.45) is 0 Å². The van der Waals surface area contributed by atoms with E-state index in [4.69, 9.17) is 4.74 Å². The van der Waals surface area contributed by atoms with Gasteiger partial charge in [-0.2, -0.15) is 0 Å². The monoisotopic (exact) mass is 567 g/mol. The Morgan fingerprint density at radius 1 is 0.881 bits per heavy atom. The first-order chi connectivity index (χ1) is 20.5. The summed E-state index contributed by atoms with van der Waals surface area (Å²) in [4.78, 5) is 32.3. The van der Waals surface area contributed by atoms with E-state index < -0.39 is 5.82 Å². The summed E-state index contributed by atoms with van der Waals surface area (Å²) in [5.41, 5.74) is 3.11. The van der Waals surface area contributed by atoms with Crippen LogP contribution in [0.5, 0.6) is 5.75 Å². The molecule has 5 rings (SSSR count). The lowest BCUT2D eigenvalue weighted by molar-refractivity contribution is -0.131. The number of hydrogen-bond donors (Lipinski definition) is 0. The second-order valence-electron chi connectivity index (χ2n) is 10.2. The van der Waals surface area contributed by atoms with E-state index in [0.717, 1.165) is 41.4 Å². The Labute approximate surface area is 245 Å². The van der Waals surface area contributed by atoms with Crippen molar-refractivity contribution in [3.8, 4) is 17.0 Å². The van der Waals surface area contributed by atoms with Crippen LogP contribution in [0.3, 0.4) is 0 Å². The number of carbonyl (C=O) groups excluding carboxylic acids is 2. The highest BCUT2D eigenvalue weighted by molar-refractivity contribution is 5.96. The second kappa shape index (κ2) is 13.7. The molecule has 3 aromatic carbocycles. The number of hydrogen-bond acceptors (Lipinski definition) is 6. The van der Waals surface area contributed by atoms with Gasteiger partial charge < -0.3 is 19.4 Å². The van der Waals surface area contributed by atoms with Gasteiger partial charge in [-0.25, -0.2) is 4.39 Å². The summed E-state index contributed by atoms with van der Waals surface area (Å²) in [5, 5.41) is 8.89. The second-order valence-corrected chi connectivity index (χ2v) is 10.2. The molecule has 1 fully saturated rings. The van der Waals surface area contributed by atoms with Crippen LogP contribution in [0.25, 0.3) is 11.3 Å². The minimum atomic E-state index is -0.410. The van der Waals surface area contributed by atoms with Crippen LogP contribution in [0.15, 0.2) is 91.0 Å². The fraction of sp³-hybridized carbons (Fsp3) is 0.273. The number of benzene rings is 3. The molecule has 0 N–H and O–H groups in total. The van der Waals surface area contributed by atoms with Crippen LogP contribution in [0.4, 0.5) is 10.2 Å². The standard InChI is InChI=1S/C33H34FN5O3/c1-42-29-10-5-9-27(23-29)30-15-16-31(36-35-30)37-18-6-19-38(22-21-37)32(40)24-39(20-17-25-7-3-2-4-8-25)33(41)26-11-13-28(34)14-12-26/h2-5,7-16,23H,6,17-22,24H2,1H3. The first-order valence-electron chi connectivity index (χ1n) is 14.1. The number of halogens is 1. The molecule has 0 bridgehead atoms. The van der Waals surface area contributed by atoms with Crippen LogP contribution in [0, 0.1) is 5.82 Å². The van der Waals surface area contributed by atoms with Crippen LogP contribution < -0.4 is 9.64 Å². The highest BCUT2D eigenvalue weighted by Crippen LogP contribution is 2.23. The molecule has 0 saturated carbocycles. The molecule has 0 aliphatic carbocycles. The average molecular weight is 568 g/mol. The van der Waals surface area contributed by atoms with Gasteiger partial charge in [0.15, 0.2) is 5.82 Å². The topological polar surface area (TPSA) is 78.9 Å². The van der Waals surface area contributed by atoms with E-state index in [1.54, 1.807) is 12.0 Å². The molecule has 1 aliphatic rings. The largest absolute Gasteiger partial charge is 0.497 e. The molecule has 0 unspecified atom stereocenters. The van der Waals surface area contributed by atoms with Crippen molar-refractivity contribution in [2.45, 2.75) is 12.8 Å². The van der Waals surface area contributed by atoms with E-state index in [1.165, 1.54) is 24.3 Å². The van der Waals surface area contributed by atoms with Gasteiger partial charge in [0.25, 0.3) is 5.91 Å². The van der Waals surface area contributed by atoms with Gasteiger partial charge in [0.05, 0.1) is 12.8 Å². The third kappa shape index (κ3) is 7.28. The van der Waals surface area contributed by atoms with Gasteiger partial charge in [0.1, 0.15) is 18.1 Å². The summed E-state index contributed by atoms with van der Waals surface area (Å²) in [7, 11) is 1.63. The number of carbonyl (C=O) groups is 2. The lowest BCUT2D eigenvalue weighted by Gasteiger charge is -2.27. The van der Waals surface area contributed by atoms with Gasteiger partial charge in [-0.15, -0.1) is 10.2 Å². The normalized spacial score (nSPS) is 13.4. The number of anilines is 1. The van der Waals surface area contributed by atoms with Gasteiger partial charge in [0.2, 0.25) is 5.91 Å². The van der Waals surface area contributed by atoms with Gasteiger partial charge in [-0.1, -0.05) is 42.5 Å². The van der Waals surface area contributed by atoms with E-state index in [1.807, 2.05) is 71.6 Å². The molecule has 9 heteroatoms. The molecule has 2 amide bonds. The van der Waals surface area contributed by atoms with Crippen molar-refractivity contribution in [1.82, 2.24) is 20.0 Å². The zero-order valence-electron chi connectivity index (χ0n) is 23.7.